The number of amides is 1. The van der Waals surface area contributed by atoms with E-state index in [9.17, 15) is 17.6 Å². The number of likely N-dealkylation sites (tertiary alicyclic amines) is 1. The van der Waals surface area contributed by atoms with Crippen molar-refractivity contribution in [3.63, 3.8) is 0 Å². The van der Waals surface area contributed by atoms with E-state index in [4.69, 9.17) is 0 Å². The number of nitrogens with one attached hydrogen (secondary N) is 1. The monoisotopic (exact) mass is 326 g/mol. The first kappa shape index (κ1) is 16.6. The Morgan fingerprint density at radius 1 is 1.55 bits per heavy atom. The van der Waals surface area contributed by atoms with E-state index in [1.165, 1.54) is 12.1 Å². The molecule has 1 aliphatic heterocycles. The number of benzene rings is 1. The minimum Gasteiger partial charge on any atom is -0.338 e. The first-order valence-corrected chi connectivity index (χ1v) is 8.54. The molecule has 0 radical (unpaired) electrons. The van der Waals surface area contributed by atoms with Crippen molar-refractivity contribution in [3.8, 4) is 0 Å². The van der Waals surface area contributed by atoms with E-state index in [0.717, 1.165) is 11.0 Å². The molecule has 1 aromatic rings. The number of carbonyl (C=O) groups is 1. The molecule has 0 bridgehead atoms. The third-order valence-electron chi connectivity index (χ3n) is 3.72. The topological polar surface area (TPSA) is 66.5 Å². The molecule has 2 rings (SSSR count). The Balaban J connectivity index is 1.99. The molecule has 0 aromatic heterocycles. The minimum absolute atomic E-state index is 0.0199. The zero-order valence-corrected chi connectivity index (χ0v) is 13.2. The second-order valence-corrected chi connectivity index (χ2v) is 7.16. The summed E-state index contributed by atoms with van der Waals surface area (Å²) in [6.07, 6.45) is 0.679. The van der Waals surface area contributed by atoms with Crippen LogP contribution in [0.5, 0.6) is 0 Å². The van der Waals surface area contributed by atoms with Crippen LogP contribution in [-0.2, 0) is 10.0 Å². The van der Waals surface area contributed by atoms with Crippen LogP contribution in [0.1, 0.15) is 22.3 Å². The van der Waals surface area contributed by atoms with Crippen LogP contribution in [-0.4, -0.2) is 38.9 Å². The van der Waals surface area contributed by atoms with Crippen LogP contribution >= 0.6 is 0 Å². The van der Waals surface area contributed by atoms with Gasteiger partial charge in [0, 0.05) is 25.0 Å². The average molecular weight is 326 g/mol. The van der Waals surface area contributed by atoms with Gasteiger partial charge in [-0.25, -0.2) is 17.5 Å². The second kappa shape index (κ2) is 6.58. The Bertz CT molecular complexity index is 688. The predicted octanol–water partition coefficient (Wildman–Crippen LogP) is 1.66. The Morgan fingerprint density at radius 2 is 2.27 bits per heavy atom. The zero-order valence-electron chi connectivity index (χ0n) is 12.4. The highest BCUT2D eigenvalue weighted by Crippen LogP contribution is 2.20. The second-order valence-electron chi connectivity index (χ2n) is 5.45. The van der Waals surface area contributed by atoms with Crippen molar-refractivity contribution in [2.45, 2.75) is 13.3 Å². The standard InChI is InChI=1S/C15H19FN2O3S/c1-3-22(20,21)17-9-12-6-7-18(10-12)15(19)13-8-11(2)4-5-14(13)16/h3-5,8,12,17H,1,6-7,9-10H2,2H3/t12-/m1/s1. The van der Waals surface area contributed by atoms with Crippen LogP contribution < -0.4 is 4.72 Å². The van der Waals surface area contributed by atoms with Gasteiger partial charge in [-0.1, -0.05) is 18.2 Å². The Labute approximate surface area is 129 Å². The van der Waals surface area contributed by atoms with Crippen LogP contribution in [0.15, 0.2) is 30.2 Å². The number of sulfonamides is 1. The summed E-state index contributed by atoms with van der Waals surface area (Å²) in [5.41, 5.74) is 0.881. The third kappa shape index (κ3) is 3.92. The van der Waals surface area contributed by atoms with Gasteiger partial charge in [0.1, 0.15) is 5.82 Å². The first-order chi connectivity index (χ1) is 10.3. The molecular formula is C15H19FN2O3S. The van der Waals surface area contributed by atoms with E-state index in [2.05, 4.69) is 11.3 Å². The van der Waals surface area contributed by atoms with Gasteiger partial charge in [-0.05, 0) is 31.4 Å². The van der Waals surface area contributed by atoms with E-state index >= 15 is 0 Å². The Kier molecular flexibility index (Phi) is 4.97. The lowest BCUT2D eigenvalue weighted by Crippen LogP contribution is -2.32. The van der Waals surface area contributed by atoms with E-state index in [-0.39, 0.29) is 23.9 Å². The van der Waals surface area contributed by atoms with E-state index < -0.39 is 15.8 Å². The van der Waals surface area contributed by atoms with Crippen LogP contribution in [0.2, 0.25) is 0 Å². The van der Waals surface area contributed by atoms with Crippen LogP contribution in [0.4, 0.5) is 4.39 Å². The van der Waals surface area contributed by atoms with Gasteiger partial charge in [0.05, 0.1) is 5.56 Å². The zero-order chi connectivity index (χ0) is 16.3. The normalized spacial score (nSPS) is 18.5. The molecule has 1 saturated heterocycles. The molecule has 1 atom stereocenters. The van der Waals surface area contributed by atoms with Crippen molar-refractivity contribution >= 4 is 15.9 Å². The summed E-state index contributed by atoms with van der Waals surface area (Å²) in [7, 11) is -3.46. The first-order valence-electron chi connectivity index (χ1n) is 7.00. The molecule has 22 heavy (non-hydrogen) atoms. The molecule has 0 saturated carbocycles. The lowest BCUT2D eigenvalue weighted by Gasteiger charge is -2.17. The smallest absolute Gasteiger partial charge is 0.256 e. The highest BCUT2D eigenvalue weighted by atomic mass is 32.2. The van der Waals surface area contributed by atoms with Gasteiger partial charge in [-0.15, -0.1) is 0 Å². The molecule has 0 spiro atoms. The maximum absolute atomic E-state index is 13.8. The maximum Gasteiger partial charge on any atom is 0.256 e. The van der Waals surface area contributed by atoms with Gasteiger partial charge in [0.15, 0.2) is 0 Å². The maximum atomic E-state index is 13.8. The van der Waals surface area contributed by atoms with Crippen molar-refractivity contribution in [1.82, 2.24) is 9.62 Å². The molecule has 5 nitrogen and oxygen atoms in total. The Morgan fingerprint density at radius 3 is 2.95 bits per heavy atom. The lowest BCUT2D eigenvalue weighted by molar-refractivity contribution is 0.0782. The molecule has 1 aromatic carbocycles. The Hall–Kier alpha value is -1.73. The van der Waals surface area contributed by atoms with Crippen molar-refractivity contribution in [3.05, 3.63) is 47.1 Å². The minimum atomic E-state index is -3.46. The van der Waals surface area contributed by atoms with E-state index in [1.54, 1.807) is 17.9 Å². The van der Waals surface area contributed by atoms with E-state index in [0.29, 0.717) is 19.5 Å². The highest BCUT2D eigenvalue weighted by molar-refractivity contribution is 7.92. The fraction of sp³-hybridized carbons (Fsp3) is 0.400. The van der Waals surface area contributed by atoms with Gasteiger partial charge >= 0.3 is 0 Å². The summed E-state index contributed by atoms with van der Waals surface area (Å²) in [6, 6.07) is 4.43. The van der Waals surface area contributed by atoms with Crippen molar-refractivity contribution < 1.29 is 17.6 Å². The third-order valence-corrected chi connectivity index (χ3v) is 4.73. The molecule has 1 fully saturated rings. The summed E-state index contributed by atoms with van der Waals surface area (Å²) in [4.78, 5) is 13.9. The largest absolute Gasteiger partial charge is 0.338 e. The van der Waals surface area contributed by atoms with Crippen molar-refractivity contribution in [2.24, 2.45) is 5.92 Å². The fourth-order valence-electron chi connectivity index (χ4n) is 2.45. The lowest BCUT2D eigenvalue weighted by atomic mass is 10.1. The molecule has 0 unspecified atom stereocenters. The number of rotatable bonds is 5. The molecule has 0 aliphatic carbocycles. The molecular weight excluding hydrogens is 307 g/mol. The van der Waals surface area contributed by atoms with Crippen molar-refractivity contribution in [2.75, 3.05) is 19.6 Å². The molecule has 1 N–H and O–H groups in total. The fourth-order valence-corrected chi connectivity index (χ4v) is 3.04. The number of hydrogen-bond donors (Lipinski definition) is 1. The number of carbonyl (C=O) groups excluding carboxylic acids is 1. The average Bonchev–Trinajstić information content (AvgIpc) is 2.96. The quantitative estimate of drug-likeness (QED) is 0.895. The summed E-state index contributed by atoms with van der Waals surface area (Å²) < 4.78 is 38.8. The van der Waals surface area contributed by atoms with Gasteiger partial charge in [-0.2, -0.15) is 0 Å². The number of halogens is 1. The number of aryl methyl sites for hydroxylation is 1. The number of nitrogens with zero attached hydrogens (tertiary/aromatic N) is 1. The van der Waals surface area contributed by atoms with E-state index in [1.807, 2.05) is 0 Å². The SMILES string of the molecule is C=CS(=O)(=O)NC[C@H]1CCN(C(=O)c2cc(C)ccc2F)C1. The van der Waals surface area contributed by atoms with Gasteiger partial charge in [-0.3, -0.25) is 4.79 Å². The van der Waals surface area contributed by atoms with Gasteiger partial charge in [0.2, 0.25) is 10.0 Å². The number of hydrogen-bond acceptors (Lipinski definition) is 3. The van der Waals surface area contributed by atoms with Gasteiger partial charge < -0.3 is 4.90 Å². The molecule has 1 heterocycles. The van der Waals surface area contributed by atoms with Crippen molar-refractivity contribution in [1.29, 1.82) is 0 Å². The van der Waals surface area contributed by atoms with Crippen LogP contribution in [0.25, 0.3) is 0 Å². The van der Waals surface area contributed by atoms with Crippen LogP contribution in [0.3, 0.4) is 0 Å². The summed E-state index contributed by atoms with van der Waals surface area (Å²) >= 11 is 0. The van der Waals surface area contributed by atoms with Crippen LogP contribution in [0, 0.1) is 18.7 Å². The highest BCUT2D eigenvalue weighted by Gasteiger charge is 2.28. The predicted molar refractivity (Wildman–Crippen MR) is 82.3 cm³/mol. The molecule has 7 heteroatoms. The summed E-state index contributed by atoms with van der Waals surface area (Å²) in [5.74, 6) is -0.867. The summed E-state index contributed by atoms with van der Waals surface area (Å²) in [5, 5.41) is 0.854. The summed E-state index contributed by atoms with van der Waals surface area (Å²) in [6.45, 7) is 6.17. The molecule has 1 aliphatic rings. The molecule has 120 valence electrons. The van der Waals surface area contributed by atoms with Gasteiger partial charge in [0.25, 0.3) is 5.91 Å². The molecule has 1 amide bonds.